The number of fused-ring (bicyclic) bond motifs is 3. The molecule has 2 atom stereocenters. The molecular formula is C23H27N2O+. The van der Waals surface area contributed by atoms with Crippen LogP contribution in [0.3, 0.4) is 0 Å². The molecule has 134 valence electrons. The van der Waals surface area contributed by atoms with Gasteiger partial charge in [-0.05, 0) is 36.1 Å². The van der Waals surface area contributed by atoms with E-state index in [9.17, 15) is 0 Å². The average Bonchev–Trinajstić information content (AvgIpc) is 3.00. The molecule has 1 aliphatic carbocycles. The van der Waals surface area contributed by atoms with Crippen LogP contribution < -0.4 is 4.90 Å². The molecule has 0 saturated carbocycles. The monoisotopic (exact) mass is 347 g/mol. The molecule has 3 heteroatoms. The van der Waals surface area contributed by atoms with Gasteiger partial charge in [0, 0.05) is 30.0 Å². The van der Waals surface area contributed by atoms with Crippen molar-refractivity contribution in [2.75, 3.05) is 13.7 Å². The molecule has 3 aromatic rings. The summed E-state index contributed by atoms with van der Waals surface area (Å²) in [4.78, 5) is 1.74. The third kappa shape index (κ3) is 2.58. The number of hydrogen-bond acceptors (Lipinski definition) is 1. The summed E-state index contributed by atoms with van der Waals surface area (Å²) in [6, 6.07) is 18.6. The predicted octanol–water partition coefficient (Wildman–Crippen LogP) is 3.26. The summed E-state index contributed by atoms with van der Waals surface area (Å²) in [6.07, 6.45) is 3.85. The van der Waals surface area contributed by atoms with Crippen molar-refractivity contribution in [3.63, 3.8) is 0 Å². The number of rotatable bonds is 4. The van der Waals surface area contributed by atoms with Gasteiger partial charge in [-0.1, -0.05) is 36.4 Å². The van der Waals surface area contributed by atoms with E-state index in [0.717, 1.165) is 13.1 Å². The Bertz CT molecular complexity index is 928. The Morgan fingerprint density at radius 1 is 1.12 bits per heavy atom. The van der Waals surface area contributed by atoms with Gasteiger partial charge in [0.15, 0.2) is 0 Å². The standard InChI is InChI=1S/C23H26N2O/c1-26-16-18-10-11-21-20(14-18)19-8-5-9-22-23(19)25(21)13-12-24(22)15-17-6-3-2-4-7-17/h2-4,6-7,10-11,14,22H,5,8-9,12-13,15-16H2,1H3/p+1/t22-/m1/s1. The van der Waals surface area contributed by atoms with Crippen LogP contribution in [0.15, 0.2) is 48.5 Å². The Balaban J connectivity index is 1.56. The van der Waals surface area contributed by atoms with Crippen molar-refractivity contribution in [3.05, 3.63) is 70.9 Å². The topological polar surface area (TPSA) is 18.6 Å². The molecule has 2 aromatic carbocycles. The van der Waals surface area contributed by atoms with Gasteiger partial charge in [-0.15, -0.1) is 0 Å². The van der Waals surface area contributed by atoms with Crippen LogP contribution in [0.2, 0.25) is 0 Å². The third-order valence-corrected chi connectivity index (χ3v) is 6.26. The van der Waals surface area contributed by atoms with Crippen LogP contribution >= 0.6 is 0 Å². The van der Waals surface area contributed by atoms with Crippen LogP contribution in [0.4, 0.5) is 0 Å². The van der Waals surface area contributed by atoms with Gasteiger partial charge < -0.3 is 14.2 Å². The molecule has 0 radical (unpaired) electrons. The first-order valence-electron chi connectivity index (χ1n) is 9.86. The van der Waals surface area contributed by atoms with Crippen molar-refractivity contribution >= 4 is 10.9 Å². The lowest BCUT2D eigenvalue weighted by atomic mass is 9.89. The number of aryl methyl sites for hydroxylation is 1. The van der Waals surface area contributed by atoms with E-state index in [1.165, 1.54) is 47.8 Å². The van der Waals surface area contributed by atoms with E-state index in [1.807, 2.05) is 0 Å². The Kier molecular flexibility index (Phi) is 4.07. The van der Waals surface area contributed by atoms with E-state index in [1.54, 1.807) is 23.3 Å². The highest BCUT2D eigenvalue weighted by molar-refractivity contribution is 5.86. The number of ether oxygens (including phenoxy) is 1. The summed E-state index contributed by atoms with van der Waals surface area (Å²) in [6.45, 7) is 4.19. The highest BCUT2D eigenvalue weighted by Gasteiger charge is 2.37. The number of nitrogens with one attached hydrogen (secondary N) is 1. The average molecular weight is 347 g/mol. The lowest BCUT2D eigenvalue weighted by molar-refractivity contribution is -0.950. The van der Waals surface area contributed by atoms with Gasteiger partial charge in [0.25, 0.3) is 0 Å². The molecule has 0 bridgehead atoms. The molecular weight excluding hydrogens is 320 g/mol. The van der Waals surface area contributed by atoms with Crippen LogP contribution in [0, 0.1) is 0 Å². The summed E-state index contributed by atoms with van der Waals surface area (Å²) in [5.74, 6) is 0. The predicted molar refractivity (Wildman–Crippen MR) is 104 cm³/mol. The van der Waals surface area contributed by atoms with E-state index in [-0.39, 0.29) is 0 Å². The van der Waals surface area contributed by atoms with E-state index in [4.69, 9.17) is 4.74 Å². The summed E-state index contributed by atoms with van der Waals surface area (Å²) >= 11 is 0. The zero-order valence-electron chi connectivity index (χ0n) is 15.5. The Morgan fingerprint density at radius 2 is 2.00 bits per heavy atom. The number of nitrogens with zero attached hydrogens (tertiary/aromatic N) is 1. The summed E-state index contributed by atoms with van der Waals surface area (Å²) < 4.78 is 7.98. The molecule has 5 rings (SSSR count). The maximum Gasteiger partial charge on any atom is 0.129 e. The molecule has 0 amide bonds. The molecule has 2 aliphatic rings. The quantitative estimate of drug-likeness (QED) is 0.767. The zero-order chi connectivity index (χ0) is 17.5. The van der Waals surface area contributed by atoms with Crippen molar-refractivity contribution in [1.82, 2.24) is 4.57 Å². The van der Waals surface area contributed by atoms with Crippen LogP contribution in [-0.2, 0) is 30.9 Å². The first-order chi connectivity index (χ1) is 12.8. The fourth-order valence-electron chi connectivity index (χ4n) is 5.17. The van der Waals surface area contributed by atoms with Crippen molar-refractivity contribution < 1.29 is 9.64 Å². The summed E-state index contributed by atoms with van der Waals surface area (Å²) in [5.41, 5.74) is 7.41. The van der Waals surface area contributed by atoms with Crippen molar-refractivity contribution in [2.45, 2.75) is 45.0 Å². The summed E-state index contributed by atoms with van der Waals surface area (Å²) in [5, 5.41) is 1.47. The molecule has 0 spiro atoms. The van der Waals surface area contributed by atoms with E-state index >= 15 is 0 Å². The third-order valence-electron chi connectivity index (χ3n) is 6.26. The van der Waals surface area contributed by atoms with E-state index < -0.39 is 0 Å². The molecule has 1 aromatic heterocycles. The van der Waals surface area contributed by atoms with Gasteiger partial charge in [0.2, 0.25) is 0 Å². The largest absolute Gasteiger partial charge is 0.380 e. The molecule has 1 aliphatic heterocycles. The number of quaternary nitrogens is 1. The second kappa shape index (κ2) is 6.57. The van der Waals surface area contributed by atoms with Crippen LogP contribution in [0.25, 0.3) is 10.9 Å². The number of aromatic nitrogens is 1. The Hall–Kier alpha value is -2.10. The number of methoxy groups -OCH3 is 1. The minimum atomic E-state index is 0.644. The first kappa shape index (κ1) is 16.1. The highest BCUT2D eigenvalue weighted by Crippen LogP contribution is 2.38. The smallest absolute Gasteiger partial charge is 0.129 e. The molecule has 1 unspecified atom stereocenters. The molecule has 26 heavy (non-hydrogen) atoms. The lowest BCUT2D eigenvalue weighted by Gasteiger charge is -2.37. The van der Waals surface area contributed by atoms with Crippen molar-refractivity contribution in [2.24, 2.45) is 0 Å². The maximum atomic E-state index is 5.36. The van der Waals surface area contributed by atoms with Crippen LogP contribution in [0.5, 0.6) is 0 Å². The second-order valence-electron chi connectivity index (χ2n) is 7.82. The fraction of sp³-hybridized carbons (Fsp3) is 0.391. The molecule has 2 heterocycles. The number of hydrogen-bond donors (Lipinski definition) is 1. The molecule has 0 fully saturated rings. The Morgan fingerprint density at radius 3 is 2.85 bits per heavy atom. The second-order valence-corrected chi connectivity index (χ2v) is 7.82. The van der Waals surface area contributed by atoms with Crippen molar-refractivity contribution in [1.29, 1.82) is 0 Å². The van der Waals surface area contributed by atoms with Gasteiger partial charge >= 0.3 is 0 Å². The normalized spacial score (nSPS) is 21.7. The van der Waals surface area contributed by atoms with E-state index in [0.29, 0.717) is 12.6 Å². The SMILES string of the molecule is COCc1ccc2c(c1)c1c3n2CC[NH+](Cc2ccccc2)[C@@H]3CCC1. The van der Waals surface area contributed by atoms with E-state index in [2.05, 4.69) is 53.1 Å². The highest BCUT2D eigenvalue weighted by atomic mass is 16.5. The Labute approximate surface area is 155 Å². The van der Waals surface area contributed by atoms with Crippen LogP contribution in [-0.4, -0.2) is 18.2 Å². The van der Waals surface area contributed by atoms with Gasteiger partial charge in [-0.2, -0.15) is 0 Å². The molecule has 1 N–H and O–H groups in total. The minimum Gasteiger partial charge on any atom is -0.380 e. The van der Waals surface area contributed by atoms with Gasteiger partial charge in [-0.25, -0.2) is 0 Å². The van der Waals surface area contributed by atoms with Crippen molar-refractivity contribution in [3.8, 4) is 0 Å². The van der Waals surface area contributed by atoms with Gasteiger partial charge in [0.1, 0.15) is 12.6 Å². The van der Waals surface area contributed by atoms with Crippen LogP contribution in [0.1, 0.15) is 41.3 Å². The lowest BCUT2D eigenvalue weighted by Crippen LogP contribution is -3.12. The zero-order valence-corrected chi connectivity index (χ0v) is 15.5. The van der Waals surface area contributed by atoms with Gasteiger partial charge in [-0.3, -0.25) is 0 Å². The fourth-order valence-corrected chi connectivity index (χ4v) is 5.17. The maximum absolute atomic E-state index is 5.36. The minimum absolute atomic E-state index is 0.644. The molecule has 3 nitrogen and oxygen atoms in total. The van der Waals surface area contributed by atoms with Gasteiger partial charge in [0.05, 0.1) is 25.4 Å². The summed E-state index contributed by atoms with van der Waals surface area (Å²) in [7, 11) is 1.78. The first-order valence-corrected chi connectivity index (χ1v) is 9.86. The molecule has 0 saturated heterocycles. The number of benzene rings is 2.